The average Bonchev–Trinajstić information content (AvgIpc) is 2.73. The highest BCUT2D eigenvalue weighted by Gasteiger charge is 2.37. The van der Waals surface area contributed by atoms with Crippen LogP contribution in [0.15, 0.2) is 30.3 Å². The van der Waals surface area contributed by atoms with Crippen molar-refractivity contribution in [3.63, 3.8) is 0 Å². The van der Waals surface area contributed by atoms with Gasteiger partial charge in [-0.3, -0.25) is 9.69 Å². The van der Waals surface area contributed by atoms with E-state index in [1.165, 1.54) is 5.56 Å². The van der Waals surface area contributed by atoms with Crippen molar-refractivity contribution in [3.8, 4) is 0 Å². The van der Waals surface area contributed by atoms with Gasteiger partial charge in [0.15, 0.2) is 0 Å². The molecular weight excluding hydrogens is 202 g/mol. The van der Waals surface area contributed by atoms with Gasteiger partial charge in [-0.15, -0.1) is 0 Å². The number of likely N-dealkylation sites (N-methyl/N-ethyl adjacent to an activating group) is 1. The van der Waals surface area contributed by atoms with E-state index in [4.69, 9.17) is 5.11 Å². The molecule has 16 heavy (non-hydrogen) atoms. The van der Waals surface area contributed by atoms with E-state index >= 15 is 0 Å². The summed E-state index contributed by atoms with van der Waals surface area (Å²) in [5, 5.41) is 9.14. The number of benzene rings is 1. The first-order chi connectivity index (χ1) is 7.74. The van der Waals surface area contributed by atoms with Crippen molar-refractivity contribution in [1.29, 1.82) is 0 Å². The van der Waals surface area contributed by atoms with Crippen LogP contribution in [-0.2, 0) is 4.79 Å². The molecule has 1 aromatic rings. The van der Waals surface area contributed by atoms with Crippen molar-refractivity contribution < 1.29 is 9.90 Å². The van der Waals surface area contributed by atoms with Crippen LogP contribution in [0.1, 0.15) is 31.4 Å². The molecule has 1 fully saturated rings. The van der Waals surface area contributed by atoms with Gasteiger partial charge in [0.2, 0.25) is 0 Å². The minimum absolute atomic E-state index is 0.271. The molecule has 3 nitrogen and oxygen atoms in total. The maximum absolute atomic E-state index is 11.1. The predicted octanol–water partition coefficient (Wildman–Crippen LogP) is 2.30. The Hall–Kier alpha value is -1.35. The van der Waals surface area contributed by atoms with Crippen molar-refractivity contribution in [2.24, 2.45) is 0 Å². The largest absolute Gasteiger partial charge is 0.480 e. The SMILES string of the molecule is CCN1C(C(=O)O)CCC1c1ccccc1. The normalized spacial score (nSPS) is 25.8. The Bertz CT molecular complexity index is 363. The van der Waals surface area contributed by atoms with E-state index < -0.39 is 5.97 Å². The van der Waals surface area contributed by atoms with Gasteiger partial charge in [0.25, 0.3) is 0 Å². The molecule has 0 saturated carbocycles. The van der Waals surface area contributed by atoms with Crippen LogP contribution in [-0.4, -0.2) is 28.6 Å². The third-order valence-electron chi connectivity index (χ3n) is 3.35. The van der Waals surface area contributed by atoms with Crippen LogP contribution >= 0.6 is 0 Å². The number of hydrogen-bond acceptors (Lipinski definition) is 2. The van der Waals surface area contributed by atoms with Crippen LogP contribution in [0.3, 0.4) is 0 Å². The lowest BCUT2D eigenvalue weighted by Crippen LogP contribution is -2.37. The van der Waals surface area contributed by atoms with E-state index in [1.807, 2.05) is 25.1 Å². The van der Waals surface area contributed by atoms with Crippen LogP contribution in [0, 0.1) is 0 Å². The summed E-state index contributed by atoms with van der Waals surface area (Å²) < 4.78 is 0. The van der Waals surface area contributed by atoms with E-state index in [9.17, 15) is 4.79 Å². The van der Waals surface area contributed by atoms with Gasteiger partial charge in [0, 0.05) is 6.04 Å². The van der Waals surface area contributed by atoms with E-state index in [0.717, 1.165) is 19.4 Å². The summed E-state index contributed by atoms with van der Waals surface area (Å²) in [5.41, 5.74) is 1.23. The lowest BCUT2D eigenvalue weighted by atomic mass is 10.0. The van der Waals surface area contributed by atoms with Crippen LogP contribution in [0.25, 0.3) is 0 Å². The molecule has 0 spiro atoms. The summed E-state index contributed by atoms with van der Waals surface area (Å²) in [4.78, 5) is 13.2. The zero-order chi connectivity index (χ0) is 11.5. The molecule has 1 saturated heterocycles. The zero-order valence-electron chi connectivity index (χ0n) is 9.47. The van der Waals surface area contributed by atoms with Crippen molar-refractivity contribution in [1.82, 2.24) is 4.90 Å². The van der Waals surface area contributed by atoms with Gasteiger partial charge in [-0.2, -0.15) is 0 Å². The molecule has 1 N–H and O–H groups in total. The van der Waals surface area contributed by atoms with E-state index in [0.29, 0.717) is 0 Å². The molecule has 1 aromatic carbocycles. The van der Waals surface area contributed by atoms with Crippen LogP contribution in [0.2, 0.25) is 0 Å². The molecule has 2 rings (SSSR count). The Balaban J connectivity index is 2.21. The number of carbonyl (C=O) groups is 1. The van der Waals surface area contributed by atoms with Crippen molar-refractivity contribution in [3.05, 3.63) is 35.9 Å². The van der Waals surface area contributed by atoms with Crippen LogP contribution < -0.4 is 0 Å². The minimum atomic E-state index is -0.694. The third-order valence-corrected chi connectivity index (χ3v) is 3.35. The van der Waals surface area contributed by atoms with Gasteiger partial charge in [0.05, 0.1) is 0 Å². The Morgan fingerprint density at radius 2 is 2.06 bits per heavy atom. The van der Waals surface area contributed by atoms with E-state index in [2.05, 4.69) is 17.0 Å². The molecule has 0 aliphatic carbocycles. The molecule has 86 valence electrons. The Morgan fingerprint density at radius 1 is 1.38 bits per heavy atom. The minimum Gasteiger partial charge on any atom is -0.480 e. The fourth-order valence-electron chi connectivity index (χ4n) is 2.60. The third kappa shape index (κ3) is 1.95. The fraction of sp³-hybridized carbons (Fsp3) is 0.462. The summed E-state index contributed by atoms with van der Waals surface area (Å²) in [6.07, 6.45) is 1.69. The summed E-state index contributed by atoms with van der Waals surface area (Å²) in [7, 11) is 0. The predicted molar refractivity (Wildman–Crippen MR) is 62.2 cm³/mol. The van der Waals surface area contributed by atoms with Gasteiger partial charge in [-0.25, -0.2) is 0 Å². The second kappa shape index (κ2) is 4.66. The first kappa shape index (κ1) is 11.1. The number of hydrogen-bond donors (Lipinski definition) is 1. The summed E-state index contributed by atoms with van der Waals surface area (Å²) in [5.74, 6) is -0.694. The fourth-order valence-corrected chi connectivity index (χ4v) is 2.60. The first-order valence-electron chi connectivity index (χ1n) is 5.77. The molecule has 1 aliphatic heterocycles. The van der Waals surface area contributed by atoms with E-state index in [-0.39, 0.29) is 12.1 Å². The molecule has 0 radical (unpaired) electrons. The quantitative estimate of drug-likeness (QED) is 0.848. The number of rotatable bonds is 3. The van der Waals surface area contributed by atoms with Gasteiger partial charge in [-0.05, 0) is 24.9 Å². The van der Waals surface area contributed by atoms with Gasteiger partial charge < -0.3 is 5.11 Å². The smallest absolute Gasteiger partial charge is 0.320 e. The topological polar surface area (TPSA) is 40.5 Å². The summed E-state index contributed by atoms with van der Waals surface area (Å²) in [6, 6.07) is 10.1. The summed E-state index contributed by atoms with van der Waals surface area (Å²) in [6.45, 7) is 2.81. The van der Waals surface area contributed by atoms with Gasteiger partial charge in [-0.1, -0.05) is 37.3 Å². The maximum Gasteiger partial charge on any atom is 0.320 e. The molecule has 0 bridgehead atoms. The number of carboxylic acid groups (broad SMARTS) is 1. The van der Waals surface area contributed by atoms with Crippen LogP contribution in [0.5, 0.6) is 0 Å². The maximum atomic E-state index is 11.1. The summed E-state index contributed by atoms with van der Waals surface area (Å²) >= 11 is 0. The van der Waals surface area contributed by atoms with Gasteiger partial charge >= 0.3 is 5.97 Å². The lowest BCUT2D eigenvalue weighted by Gasteiger charge is -2.26. The molecule has 1 heterocycles. The van der Waals surface area contributed by atoms with E-state index in [1.54, 1.807) is 0 Å². The molecule has 3 heteroatoms. The number of likely N-dealkylation sites (tertiary alicyclic amines) is 1. The highest BCUT2D eigenvalue weighted by Crippen LogP contribution is 2.35. The first-order valence-corrected chi connectivity index (χ1v) is 5.77. The molecule has 2 unspecified atom stereocenters. The second-order valence-corrected chi connectivity index (χ2v) is 4.19. The monoisotopic (exact) mass is 219 g/mol. The Morgan fingerprint density at radius 3 is 2.62 bits per heavy atom. The highest BCUT2D eigenvalue weighted by molar-refractivity contribution is 5.74. The van der Waals surface area contributed by atoms with Crippen molar-refractivity contribution in [2.45, 2.75) is 31.8 Å². The molecule has 0 aromatic heterocycles. The zero-order valence-corrected chi connectivity index (χ0v) is 9.47. The molecule has 2 atom stereocenters. The molecular formula is C13H17NO2. The standard InChI is InChI=1S/C13H17NO2/c1-2-14-11(8-9-12(14)13(15)16)10-6-4-3-5-7-10/h3-7,11-12H,2,8-9H2,1H3,(H,15,16). The number of carboxylic acids is 1. The van der Waals surface area contributed by atoms with Crippen molar-refractivity contribution in [2.75, 3.05) is 6.54 Å². The number of nitrogens with zero attached hydrogens (tertiary/aromatic N) is 1. The highest BCUT2D eigenvalue weighted by atomic mass is 16.4. The lowest BCUT2D eigenvalue weighted by molar-refractivity contribution is -0.142. The Labute approximate surface area is 95.7 Å². The molecule has 0 amide bonds. The van der Waals surface area contributed by atoms with Crippen LogP contribution in [0.4, 0.5) is 0 Å². The molecule has 1 aliphatic rings. The second-order valence-electron chi connectivity index (χ2n) is 4.19. The number of aliphatic carboxylic acids is 1. The Kier molecular flexibility index (Phi) is 3.25. The van der Waals surface area contributed by atoms with Gasteiger partial charge in [0.1, 0.15) is 6.04 Å². The average molecular weight is 219 g/mol. The van der Waals surface area contributed by atoms with Crippen molar-refractivity contribution >= 4 is 5.97 Å².